The molecule has 0 spiro atoms. The Bertz CT molecular complexity index is 1100. The van der Waals surface area contributed by atoms with E-state index in [-0.39, 0.29) is 10.8 Å². The number of nitrogens with zero attached hydrogens (tertiary/aromatic N) is 1. The van der Waals surface area contributed by atoms with Crippen LogP contribution in [0.15, 0.2) is 64.5 Å². The first-order valence-electron chi connectivity index (χ1n) is 9.63. The van der Waals surface area contributed by atoms with Crippen molar-refractivity contribution in [2.75, 3.05) is 25.4 Å². The molecular weight excluding hydrogens is 406 g/mol. The molecule has 1 fully saturated rings. The van der Waals surface area contributed by atoms with Crippen LogP contribution in [0.5, 0.6) is 0 Å². The number of amides is 1. The van der Waals surface area contributed by atoms with Crippen LogP contribution in [0, 0.1) is 0 Å². The Morgan fingerprint density at radius 1 is 1.07 bits per heavy atom. The molecule has 2 N–H and O–H groups in total. The van der Waals surface area contributed by atoms with Crippen molar-refractivity contribution >= 4 is 38.6 Å². The van der Waals surface area contributed by atoms with Gasteiger partial charge in [0, 0.05) is 52.9 Å². The molecule has 0 aliphatic carbocycles. The van der Waals surface area contributed by atoms with Crippen LogP contribution >= 0.6 is 11.8 Å². The van der Waals surface area contributed by atoms with Gasteiger partial charge in [-0.15, -0.1) is 11.8 Å². The molecule has 0 saturated carbocycles. The van der Waals surface area contributed by atoms with Crippen LogP contribution in [0.1, 0.15) is 23.2 Å². The number of aromatic nitrogens is 1. The van der Waals surface area contributed by atoms with Gasteiger partial charge in [0.1, 0.15) is 0 Å². The quantitative estimate of drug-likeness (QED) is 0.445. The van der Waals surface area contributed by atoms with Gasteiger partial charge in [0.2, 0.25) is 10.0 Å². The molecule has 1 aliphatic rings. The summed E-state index contributed by atoms with van der Waals surface area (Å²) in [5.41, 5.74) is 1.56. The molecule has 2 aromatic carbocycles. The monoisotopic (exact) mass is 429 g/mol. The highest BCUT2D eigenvalue weighted by atomic mass is 32.2. The Balaban J connectivity index is 1.30. The van der Waals surface area contributed by atoms with Crippen molar-refractivity contribution in [1.29, 1.82) is 0 Å². The third kappa shape index (κ3) is 4.34. The maximum Gasteiger partial charge on any atom is 0.251 e. The van der Waals surface area contributed by atoms with Gasteiger partial charge < -0.3 is 10.3 Å². The second-order valence-electron chi connectivity index (χ2n) is 6.94. The number of para-hydroxylation sites is 1. The number of fused-ring (bicyclic) bond motifs is 1. The van der Waals surface area contributed by atoms with Crippen molar-refractivity contribution < 1.29 is 13.2 Å². The summed E-state index contributed by atoms with van der Waals surface area (Å²) in [4.78, 5) is 17.0. The molecule has 0 atom stereocenters. The standard InChI is InChI=1S/C21H23N3O3S2/c25-21(22-11-14-28-20-15-23-19-6-2-1-5-18(19)20)16-7-9-17(10-8-16)29(26,27)24-12-3-4-13-24/h1-2,5-10,15,23H,3-4,11-14H2,(H,22,25). The summed E-state index contributed by atoms with van der Waals surface area (Å²) < 4.78 is 26.6. The van der Waals surface area contributed by atoms with Crippen molar-refractivity contribution in [3.8, 4) is 0 Å². The van der Waals surface area contributed by atoms with Gasteiger partial charge in [0.25, 0.3) is 5.91 Å². The molecule has 152 valence electrons. The van der Waals surface area contributed by atoms with Gasteiger partial charge in [-0.25, -0.2) is 8.42 Å². The average Bonchev–Trinajstić information content (AvgIpc) is 3.42. The molecule has 1 aromatic heterocycles. The van der Waals surface area contributed by atoms with Crippen LogP contribution in [0.2, 0.25) is 0 Å². The van der Waals surface area contributed by atoms with E-state index >= 15 is 0 Å². The summed E-state index contributed by atoms with van der Waals surface area (Å²) in [5.74, 6) is 0.546. The highest BCUT2D eigenvalue weighted by molar-refractivity contribution is 7.99. The van der Waals surface area contributed by atoms with Crippen LogP contribution < -0.4 is 5.32 Å². The fourth-order valence-electron chi connectivity index (χ4n) is 3.45. The maximum absolute atomic E-state index is 12.6. The largest absolute Gasteiger partial charge is 0.360 e. The molecule has 1 saturated heterocycles. The Morgan fingerprint density at radius 2 is 1.79 bits per heavy atom. The summed E-state index contributed by atoms with van der Waals surface area (Å²) in [6, 6.07) is 14.3. The zero-order valence-electron chi connectivity index (χ0n) is 15.9. The van der Waals surface area contributed by atoms with Crippen molar-refractivity contribution in [3.05, 3.63) is 60.3 Å². The number of carbonyl (C=O) groups is 1. The Kier molecular flexibility index (Phi) is 5.94. The smallest absolute Gasteiger partial charge is 0.251 e. The Hall–Kier alpha value is -2.29. The lowest BCUT2D eigenvalue weighted by atomic mass is 10.2. The molecule has 6 nitrogen and oxygen atoms in total. The number of rotatable bonds is 7. The van der Waals surface area contributed by atoms with Gasteiger partial charge in [-0.3, -0.25) is 4.79 Å². The number of hydrogen-bond acceptors (Lipinski definition) is 4. The van der Waals surface area contributed by atoms with Crippen molar-refractivity contribution in [2.24, 2.45) is 0 Å². The first-order valence-corrected chi connectivity index (χ1v) is 12.1. The maximum atomic E-state index is 12.6. The lowest BCUT2D eigenvalue weighted by Gasteiger charge is -2.15. The molecule has 2 heterocycles. The zero-order valence-corrected chi connectivity index (χ0v) is 17.6. The van der Waals surface area contributed by atoms with E-state index in [0.717, 1.165) is 29.0 Å². The lowest BCUT2D eigenvalue weighted by Crippen LogP contribution is -2.28. The molecule has 29 heavy (non-hydrogen) atoms. The molecule has 1 amide bonds. The highest BCUT2D eigenvalue weighted by Crippen LogP contribution is 2.27. The summed E-state index contributed by atoms with van der Waals surface area (Å²) in [6.45, 7) is 1.66. The first-order chi connectivity index (χ1) is 14.1. The van der Waals surface area contributed by atoms with Crippen molar-refractivity contribution in [1.82, 2.24) is 14.6 Å². The Morgan fingerprint density at radius 3 is 2.55 bits per heavy atom. The molecule has 1 aliphatic heterocycles. The van der Waals surface area contributed by atoms with Crippen molar-refractivity contribution in [3.63, 3.8) is 0 Å². The zero-order chi connectivity index (χ0) is 20.3. The summed E-state index contributed by atoms with van der Waals surface area (Å²) >= 11 is 1.68. The predicted molar refractivity (Wildman–Crippen MR) is 116 cm³/mol. The van der Waals surface area contributed by atoms with E-state index in [1.54, 1.807) is 23.9 Å². The second kappa shape index (κ2) is 8.61. The minimum absolute atomic E-state index is 0.199. The van der Waals surface area contributed by atoms with Gasteiger partial charge in [0.15, 0.2) is 0 Å². The van der Waals surface area contributed by atoms with Crippen LogP contribution in [0.3, 0.4) is 0 Å². The molecule has 4 rings (SSSR count). The van der Waals surface area contributed by atoms with E-state index in [0.29, 0.717) is 25.2 Å². The number of benzene rings is 2. The van der Waals surface area contributed by atoms with Gasteiger partial charge in [-0.1, -0.05) is 18.2 Å². The predicted octanol–water partition coefficient (Wildman–Crippen LogP) is 3.47. The summed E-state index contributed by atoms with van der Waals surface area (Å²) in [5, 5.41) is 4.07. The number of H-pyrrole nitrogens is 1. The van der Waals surface area contributed by atoms with Gasteiger partial charge >= 0.3 is 0 Å². The number of carbonyl (C=O) groups excluding carboxylic acids is 1. The summed E-state index contributed by atoms with van der Waals surface area (Å²) in [6.07, 6.45) is 3.78. The highest BCUT2D eigenvalue weighted by Gasteiger charge is 2.27. The van der Waals surface area contributed by atoms with E-state index in [2.05, 4.69) is 16.4 Å². The van der Waals surface area contributed by atoms with E-state index in [1.807, 2.05) is 24.4 Å². The SMILES string of the molecule is O=C(NCCSc1c[nH]c2ccccc12)c1ccc(S(=O)(=O)N2CCCC2)cc1. The second-order valence-corrected chi connectivity index (χ2v) is 10.0. The summed E-state index contributed by atoms with van der Waals surface area (Å²) in [7, 11) is -3.45. The average molecular weight is 430 g/mol. The van der Waals surface area contributed by atoms with Crippen LogP contribution in [0.4, 0.5) is 0 Å². The number of sulfonamides is 1. The van der Waals surface area contributed by atoms with Gasteiger partial charge in [0.05, 0.1) is 4.90 Å². The van der Waals surface area contributed by atoms with E-state index < -0.39 is 10.0 Å². The molecular formula is C21H23N3O3S2. The van der Waals surface area contributed by atoms with Gasteiger partial charge in [-0.05, 0) is 43.2 Å². The fraction of sp³-hybridized carbons (Fsp3) is 0.286. The Labute approximate surface area is 174 Å². The minimum Gasteiger partial charge on any atom is -0.360 e. The van der Waals surface area contributed by atoms with E-state index in [1.165, 1.54) is 21.8 Å². The fourth-order valence-corrected chi connectivity index (χ4v) is 5.86. The van der Waals surface area contributed by atoms with Crippen molar-refractivity contribution in [2.45, 2.75) is 22.6 Å². The number of nitrogens with one attached hydrogen (secondary N) is 2. The minimum atomic E-state index is -3.45. The number of thioether (sulfide) groups is 1. The lowest BCUT2D eigenvalue weighted by molar-refractivity contribution is 0.0956. The topological polar surface area (TPSA) is 82.3 Å². The third-order valence-electron chi connectivity index (χ3n) is 5.02. The van der Waals surface area contributed by atoms with Gasteiger partial charge in [-0.2, -0.15) is 4.31 Å². The first kappa shape index (κ1) is 20.0. The van der Waals surface area contributed by atoms with E-state index in [9.17, 15) is 13.2 Å². The number of aromatic amines is 1. The van der Waals surface area contributed by atoms with Crippen LogP contribution in [0.25, 0.3) is 10.9 Å². The van der Waals surface area contributed by atoms with E-state index in [4.69, 9.17) is 0 Å². The van der Waals surface area contributed by atoms with Crippen LogP contribution in [-0.4, -0.2) is 49.0 Å². The van der Waals surface area contributed by atoms with Crippen LogP contribution in [-0.2, 0) is 10.0 Å². The molecule has 8 heteroatoms. The molecule has 0 radical (unpaired) electrons. The third-order valence-corrected chi connectivity index (χ3v) is 7.99. The molecule has 0 unspecified atom stereocenters. The molecule has 3 aromatic rings. The normalized spacial score (nSPS) is 15.0. The number of hydrogen-bond donors (Lipinski definition) is 2. The molecule has 0 bridgehead atoms.